The van der Waals surface area contributed by atoms with Gasteiger partial charge in [0, 0.05) is 6.54 Å². The minimum atomic E-state index is 0. The van der Waals surface area contributed by atoms with E-state index in [0.717, 1.165) is 18.7 Å². The molecular formula is C15H24Cl3NO. The van der Waals surface area contributed by atoms with Crippen molar-refractivity contribution in [2.24, 2.45) is 0 Å². The maximum absolute atomic E-state index is 6.16. The van der Waals surface area contributed by atoms with Crippen molar-refractivity contribution in [3.63, 3.8) is 0 Å². The fourth-order valence-corrected chi connectivity index (χ4v) is 2.55. The van der Waals surface area contributed by atoms with E-state index in [1.54, 1.807) is 0 Å². The topological polar surface area (TPSA) is 21.3 Å². The predicted molar refractivity (Wildman–Crippen MR) is 90.7 cm³/mol. The van der Waals surface area contributed by atoms with E-state index in [9.17, 15) is 0 Å². The highest BCUT2D eigenvalue weighted by molar-refractivity contribution is 6.37. The van der Waals surface area contributed by atoms with Crippen LogP contribution in [-0.4, -0.2) is 13.2 Å². The van der Waals surface area contributed by atoms with Crippen LogP contribution in [0.1, 0.15) is 45.1 Å². The molecule has 0 aliphatic carbocycles. The molecule has 2 nitrogen and oxygen atoms in total. The molecule has 1 rings (SSSR count). The average Bonchev–Trinajstić information content (AvgIpc) is 2.38. The molecule has 0 heterocycles. The number of benzene rings is 1. The van der Waals surface area contributed by atoms with Gasteiger partial charge in [0.15, 0.2) is 5.75 Å². The van der Waals surface area contributed by atoms with Gasteiger partial charge in [-0.25, -0.2) is 0 Å². The van der Waals surface area contributed by atoms with Crippen LogP contribution < -0.4 is 10.1 Å². The molecule has 0 saturated carbocycles. The molecule has 0 aliphatic heterocycles. The van der Waals surface area contributed by atoms with Gasteiger partial charge < -0.3 is 10.1 Å². The number of hydrogen-bond acceptors (Lipinski definition) is 2. The van der Waals surface area contributed by atoms with Crippen molar-refractivity contribution in [1.82, 2.24) is 5.32 Å². The summed E-state index contributed by atoms with van der Waals surface area (Å²) >= 11 is 12.3. The first kappa shape index (κ1) is 19.9. The molecule has 0 radical (unpaired) electrons. The minimum Gasteiger partial charge on any atom is -0.491 e. The lowest BCUT2D eigenvalue weighted by Crippen LogP contribution is -2.14. The molecule has 0 unspecified atom stereocenters. The summed E-state index contributed by atoms with van der Waals surface area (Å²) in [5, 5.41) is 4.57. The lowest BCUT2D eigenvalue weighted by atomic mass is 10.2. The van der Waals surface area contributed by atoms with Crippen LogP contribution in [0.2, 0.25) is 10.0 Å². The third-order valence-electron chi connectivity index (χ3n) is 2.88. The van der Waals surface area contributed by atoms with Crippen molar-refractivity contribution in [1.29, 1.82) is 0 Å². The van der Waals surface area contributed by atoms with Gasteiger partial charge in [-0.15, -0.1) is 12.4 Å². The Hall–Kier alpha value is -0.150. The summed E-state index contributed by atoms with van der Waals surface area (Å²) in [6, 6.07) is 3.83. The summed E-state index contributed by atoms with van der Waals surface area (Å²) < 4.78 is 5.41. The Kier molecular flexibility index (Phi) is 11.4. The Labute approximate surface area is 138 Å². The molecule has 0 amide bonds. The zero-order chi connectivity index (χ0) is 14.1. The van der Waals surface area contributed by atoms with E-state index in [2.05, 4.69) is 12.2 Å². The first-order valence-electron chi connectivity index (χ1n) is 7.00. The maximum atomic E-state index is 6.16. The van der Waals surface area contributed by atoms with E-state index in [4.69, 9.17) is 27.9 Å². The largest absolute Gasteiger partial charge is 0.491 e. The first-order chi connectivity index (χ1) is 9.19. The average molecular weight is 341 g/mol. The fraction of sp³-hybridized carbons (Fsp3) is 0.600. The summed E-state index contributed by atoms with van der Waals surface area (Å²) in [6.07, 6.45) is 5.08. The second-order valence-electron chi connectivity index (χ2n) is 4.56. The Morgan fingerprint density at radius 2 is 1.70 bits per heavy atom. The lowest BCUT2D eigenvalue weighted by Gasteiger charge is -2.11. The Morgan fingerprint density at radius 1 is 1.05 bits per heavy atom. The van der Waals surface area contributed by atoms with Crippen molar-refractivity contribution in [2.45, 2.75) is 46.1 Å². The second-order valence-corrected chi connectivity index (χ2v) is 5.37. The van der Waals surface area contributed by atoms with Crippen LogP contribution in [0.25, 0.3) is 0 Å². The number of rotatable bonds is 9. The van der Waals surface area contributed by atoms with Crippen LogP contribution in [0.5, 0.6) is 5.75 Å². The van der Waals surface area contributed by atoms with Gasteiger partial charge in [-0.05, 0) is 37.6 Å². The van der Waals surface area contributed by atoms with E-state index in [-0.39, 0.29) is 12.4 Å². The zero-order valence-corrected chi connectivity index (χ0v) is 14.5. The number of nitrogens with one attached hydrogen (secondary N) is 1. The smallest absolute Gasteiger partial charge is 0.156 e. The molecule has 0 saturated heterocycles. The summed E-state index contributed by atoms with van der Waals surface area (Å²) in [5.74, 6) is 0.581. The van der Waals surface area contributed by atoms with Gasteiger partial charge in [-0.2, -0.15) is 0 Å². The summed E-state index contributed by atoms with van der Waals surface area (Å²) in [7, 11) is 0. The van der Waals surface area contributed by atoms with Crippen LogP contribution >= 0.6 is 35.6 Å². The van der Waals surface area contributed by atoms with E-state index < -0.39 is 0 Å². The van der Waals surface area contributed by atoms with Crippen molar-refractivity contribution >= 4 is 35.6 Å². The number of unbranched alkanes of at least 4 members (excludes halogenated alkanes) is 3. The highest BCUT2D eigenvalue weighted by Crippen LogP contribution is 2.34. The van der Waals surface area contributed by atoms with Crippen molar-refractivity contribution in [3.05, 3.63) is 27.7 Å². The number of ether oxygens (including phenoxy) is 1. The second kappa shape index (κ2) is 11.5. The Bertz CT molecular complexity index is 362. The third kappa shape index (κ3) is 7.03. The third-order valence-corrected chi connectivity index (χ3v) is 3.44. The van der Waals surface area contributed by atoms with Gasteiger partial charge in [0.05, 0.1) is 16.7 Å². The number of hydrogen-bond donors (Lipinski definition) is 1. The van der Waals surface area contributed by atoms with Crippen molar-refractivity contribution in [2.75, 3.05) is 13.2 Å². The van der Waals surface area contributed by atoms with E-state index in [0.29, 0.717) is 22.4 Å². The molecule has 0 spiro atoms. The lowest BCUT2D eigenvalue weighted by molar-refractivity contribution is 0.340. The summed E-state index contributed by atoms with van der Waals surface area (Å²) in [5.41, 5.74) is 1.09. The summed E-state index contributed by atoms with van der Waals surface area (Å²) in [4.78, 5) is 0. The van der Waals surface area contributed by atoms with Gasteiger partial charge >= 0.3 is 0 Å². The highest BCUT2D eigenvalue weighted by atomic mass is 35.5. The van der Waals surface area contributed by atoms with Crippen LogP contribution in [-0.2, 0) is 6.54 Å². The molecule has 1 aromatic carbocycles. The van der Waals surface area contributed by atoms with Gasteiger partial charge in [0.1, 0.15) is 0 Å². The predicted octanol–water partition coefficient (Wildman–Crippen LogP) is 5.48. The molecule has 116 valence electrons. The Morgan fingerprint density at radius 3 is 2.25 bits per heavy atom. The van der Waals surface area contributed by atoms with Crippen LogP contribution in [0.4, 0.5) is 0 Å². The normalized spacial score (nSPS) is 10.2. The van der Waals surface area contributed by atoms with Crippen LogP contribution in [0.15, 0.2) is 12.1 Å². The molecule has 1 aromatic rings. The van der Waals surface area contributed by atoms with E-state index >= 15 is 0 Å². The molecule has 20 heavy (non-hydrogen) atoms. The van der Waals surface area contributed by atoms with E-state index in [1.807, 2.05) is 19.1 Å². The van der Waals surface area contributed by atoms with Crippen molar-refractivity contribution < 1.29 is 4.74 Å². The molecular weight excluding hydrogens is 317 g/mol. The molecule has 0 fully saturated rings. The quantitative estimate of drug-likeness (QED) is 0.601. The molecule has 0 atom stereocenters. The molecule has 5 heteroatoms. The van der Waals surface area contributed by atoms with Gasteiger partial charge in [0.25, 0.3) is 0 Å². The molecule has 0 bridgehead atoms. The van der Waals surface area contributed by atoms with Gasteiger partial charge in [-0.3, -0.25) is 0 Å². The number of halogens is 3. The standard InChI is InChI=1S/C15H23Cl2NO.ClH/c1-3-5-6-7-8-18-11-12-9-13(16)15(19-4-2)14(17)10-12;/h9-10,18H,3-8,11H2,1-2H3;1H. The van der Waals surface area contributed by atoms with Crippen molar-refractivity contribution in [3.8, 4) is 5.75 Å². The van der Waals surface area contributed by atoms with Gasteiger partial charge in [-0.1, -0.05) is 49.4 Å². The maximum Gasteiger partial charge on any atom is 0.156 e. The molecule has 0 aliphatic rings. The summed E-state index contributed by atoms with van der Waals surface area (Å²) in [6.45, 7) is 6.52. The molecule has 1 N–H and O–H groups in total. The minimum absolute atomic E-state index is 0. The van der Waals surface area contributed by atoms with E-state index in [1.165, 1.54) is 25.7 Å². The van der Waals surface area contributed by atoms with Crippen LogP contribution in [0.3, 0.4) is 0 Å². The molecule has 0 aromatic heterocycles. The highest BCUT2D eigenvalue weighted by Gasteiger charge is 2.08. The first-order valence-corrected chi connectivity index (χ1v) is 7.76. The monoisotopic (exact) mass is 339 g/mol. The fourth-order valence-electron chi connectivity index (χ4n) is 1.91. The van der Waals surface area contributed by atoms with Crippen LogP contribution in [0, 0.1) is 0 Å². The van der Waals surface area contributed by atoms with Gasteiger partial charge in [0.2, 0.25) is 0 Å². The Balaban J connectivity index is 0.00000361. The SMILES string of the molecule is CCCCCCNCc1cc(Cl)c(OCC)c(Cl)c1.Cl. The zero-order valence-electron chi connectivity index (χ0n) is 12.2.